The number of amides is 8. The van der Waals surface area contributed by atoms with Crippen LogP contribution in [0.3, 0.4) is 0 Å². The van der Waals surface area contributed by atoms with Gasteiger partial charge in [-0.15, -0.1) is 0 Å². The summed E-state index contributed by atoms with van der Waals surface area (Å²) in [5, 5.41) is 44.3. The van der Waals surface area contributed by atoms with Gasteiger partial charge in [-0.2, -0.15) is 0 Å². The molecule has 8 amide bonds. The molecule has 3 aromatic rings. The quantitative estimate of drug-likeness (QED) is 0.0411. The fourth-order valence-corrected chi connectivity index (χ4v) is 6.64. The van der Waals surface area contributed by atoms with E-state index in [9.17, 15) is 63.3 Å². The average Bonchev–Trinajstić information content (AvgIpc) is 3.64. The topological polar surface area (TPSA) is 397 Å². The van der Waals surface area contributed by atoms with Crippen molar-refractivity contribution in [2.75, 3.05) is 0 Å². The van der Waals surface area contributed by atoms with Crippen LogP contribution in [0.2, 0.25) is 0 Å². The summed E-state index contributed by atoms with van der Waals surface area (Å²) in [6, 6.07) is 1.35. The Bertz CT molecular complexity index is 2260. The minimum Gasteiger partial charge on any atom is -0.508 e. The number of carbonyl (C=O) groups excluding carboxylic acids is 8. The Kier molecular flexibility index (Phi) is 19.6. The largest absolute Gasteiger partial charge is 0.508 e. The molecule has 0 bridgehead atoms. The van der Waals surface area contributed by atoms with E-state index in [4.69, 9.17) is 17.2 Å². The molecule has 23 nitrogen and oxygen atoms in total. The predicted molar refractivity (Wildman–Crippen MR) is 235 cm³/mol. The highest BCUT2D eigenvalue weighted by atomic mass is 16.4. The number of aromatic hydroxyl groups is 1. The number of fused-ring (bicyclic) bond motifs is 1. The number of H-pyrrole nitrogens is 1. The zero-order chi connectivity index (χ0) is 49.4. The number of carboxylic acid groups (broad SMARTS) is 2. The molecule has 2 aromatic carbocycles. The van der Waals surface area contributed by atoms with Gasteiger partial charge in [0.2, 0.25) is 47.3 Å². The fourth-order valence-electron chi connectivity index (χ4n) is 6.64. The van der Waals surface area contributed by atoms with E-state index in [1.807, 2.05) is 0 Å². The number of rotatable bonds is 26. The van der Waals surface area contributed by atoms with Crippen LogP contribution in [0.15, 0.2) is 54.7 Å². The molecule has 1 heterocycles. The van der Waals surface area contributed by atoms with Crippen LogP contribution in [0.25, 0.3) is 10.9 Å². The summed E-state index contributed by atoms with van der Waals surface area (Å²) >= 11 is 0. The lowest BCUT2D eigenvalue weighted by Crippen LogP contribution is -2.61. The number of nitrogens with one attached hydrogen (secondary N) is 7. The Hall–Kier alpha value is -7.56. The van der Waals surface area contributed by atoms with E-state index in [1.165, 1.54) is 24.3 Å². The van der Waals surface area contributed by atoms with Gasteiger partial charge in [-0.1, -0.05) is 58.0 Å². The molecule has 0 unspecified atom stereocenters. The molecule has 0 aliphatic carbocycles. The first-order chi connectivity index (χ1) is 30.9. The van der Waals surface area contributed by atoms with E-state index < -0.39 is 127 Å². The summed E-state index contributed by atoms with van der Waals surface area (Å²) < 4.78 is 0. The number of phenols is 1. The third-order valence-electron chi connectivity index (χ3n) is 10.2. The summed E-state index contributed by atoms with van der Waals surface area (Å²) in [7, 11) is 0. The number of benzene rings is 2. The minimum absolute atomic E-state index is 0.0915. The first-order valence-corrected chi connectivity index (χ1v) is 20.9. The Morgan fingerprint density at radius 1 is 0.576 bits per heavy atom. The summed E-state index contributed by atoms with van der Waals surface area (Å²) in [5.41, 5.74) is 18.2. The van der Waals surface area contributed by atoms with Crippen LogP contribution in [0.1, 0.15) is 64.5 Å². The second-order valence-electron chi connectivity index (χ2n) is 16.5. The number of aromatic nitrogens is 1. The zero-order valence-corrected chi connectivity index (χ0v) is 36.8. The molecular weight excluding hydrogens is 865 g/mol. The van der Waals surface area contributed by atoms with E-state index in [2.05, 4.69) is 36.9 Å². The normalized spacial score (nSPS) is 14.3. The van der Waals surface area contributed by atoms with Crippen LogP contribution >= 0.6 is 0 Å². The van der Waals surface area contributed by atoms with Gasteiger partial charge in [0.15, 0.2) is 0 Å². The molecule has 16 N–H and O–H groups in total. The van der Waals surface area contributed by atoms with Crippen LogP contribution in [0.4, 0.5) is 0 Å². The lowest BCUT2D eigenvalue weighted by molar-refractivity contribution is -0.143. The number of para-hydroxylation sites is 1. The number of aliphatic carboxylic acids is 2. The van der Waals surface area contributed by atoms with Crippen molar-refractivity contribution in [3.63, 3.8) is 0 Å². The number of carbonyl (C=O) groups is 10. The number of nitrogens with two attached hydrogens (primary N) is 3. The maximum atomic E-state index is 14.2. The van der Waals surface area contributed by atoms with Gasteiger partial charge >= 0.3 is 11.9 Å². The molecule has 1 aromatic heterocycles. The highest BCUT2D eigenvalue weighted by Gasteiger charge is 2.36. The van der Waals surface area contributed by atoms with Crippen LogP contribution in [0.5, 0.6) is 5.75 Å². The van der Waals surface area contributed by atoms with Crippen molar-refractivity contribution in [2.24, 2.45) is 29.0 Å². The van der Waals surface area contributed by atoms with Gasteiger partial charge in [0.1, 0.15) is 42.0 Å². The van der Waals surface area contributed by atoms with E-state index in [0.717, 1.165) is 5.52 Å². The number of aromatic amines is 1. The Morgan fingerprint density at radius 3 is 1.53 bits per heavy atom. The van der Waals surface area contributed by atoms with Crippen LogP contribution in [-0.2, 0) is 60.8 Å². The lowest BCUT2D eigenvalue weighted by Gasteiger charge is -2.28. The molecule has 358 valence electrons. The average molecular weight is 923 g/mol. The van der Waals surface area contributed by atoms with Gasteiger partial charge in [-0.3, -0.25) is 43.2 Å². The van der Waals surface area contributed by atoms with Gasteiger partial charge in [0, 0.05) is 29.9 Å². The second kappa shape index (κ2) is 24.5. The minimum atomic E-state index is -1.93. The van der Waals surface area contributed by atoms with E-state index >= 15 is 0 Å². The van der Waals surface area contributed by atoms with Crippen LogP contribution in [-0.4, -0.2) is 122 Å². The second-order valence-corrected chi connectivity index (χ2v) is 16.5. The number of phenolic OH excluding ortho intramolecular Hbond substituents is 1. The molecule has 0 radical (unpaired) electrons. The lowest BCUT2D eigenvalue weighted by atomic mass is 10.00. The van der Waals surface area contributed by atoms with Crippen molar-refractivity contribution in [2.45, 2.75) is 109 Å². The number of hydrogen-bond donors (Lipinski definition) is 13. The summed E-state index contributed by atoms with van der Waals surface area (Å²) in [4.78, 5) is 133. The van der Waals surface area contributed by atoms with Gasteiger partial charge in [0.05, 0.1) is 25.3 Å². The third kappa shape index (κ3) is 16.5. The van der Waals surface area contributed by atoms with Crippen molar-refractivity contribution < 1.29 is 63.3 Å². The van der Waals surface area contributed by atoms with Crippen molar-refractivity contribution in [3.8, 4) is 5.75 Å². The van der Waals surface area contributed by atoms with Crippen molar-refractivity contribution >= 4 is 70.1 Å². The molecular formula is C43H58N10O13. The van der Waals surface area contributed by atoms with Gasteiger partial charge in [0.25, 0.3) is 0 Å². The predicted octanol–water partition coefficient (Wildman–Crippen LogP) is -2.09. The number of hydrogen-bond acceptors (Lipinski definition) is 12. The fraction of sp³-hybridized carbons (Fsp3) is 0.442. The summed E-state index contributed by atoms with van der Waals surface area (Å²) in [6.07, 6.45) is -1.62. The van der Waals surface area contributed by atoms with Crippen LogP contribution < -0.4 is 49.1 Å². The van der Waals surface area contributed by atoms with E-state index in [1.54, 1.807) is 58.2 Å². The van der Waals surface area contributed by atoms with Gasteiger partial charge < -0.3 is 69.4 Å². The molecule has 3 rings (SSSR count). The molecule has 66 heavy (non-hydrogen) atoms. The zero-order valence-electron chi connectivity index (χ0n) is 36.8. The molecule has 7 atom stereocenters. The number of carboxylic acids is 2. The van der Waals surface area contributed by atoms with Crippen LogP contribution in [0, 0.1) is 11.8 Å². The van der Waals surface area contributed by atoms with Gasteiger partial charge in [-0.25, -0.2) is 4.79 Å². The molecule has 0 aliphatic heterocycles. The maximum Gasteiger partial charge on any atom is 0.326 e. The number of primary amides is 2. The monoisotopic (exact) mass is 922 g/mol. The highest BCUT2D eigenvalue weighted by Crippen LogP contribution is 2.20. The van der Waals surface area contributed by atoms with Crippen molar-refractivity contribution in [1.82, 2.24) is 36.9 Å². The van der Waals surface area contributed by atoms with Crippen molar-refractivity contribution in [3.05, 3.63) is 65.9 Å². The molecule has 0 fully saturated rings. The Morgan fingerprint density at radius 2 is 1.03 bits per heavy atom. The first-order valence-electron chi connectivity index (χ1n) is 20.9. The first kappa shape index (κ1) is 52.8. The van der Waals surface area contributed by atoms with Crippen molar-refractivity contribution in [1.29, 1.82) is 0 Å². The van der Waals surface area contributed by atoms with E-state index in [-0.39, 0.29) is 30.9 Å². The third-order valence-corrected chi connectivity index (χ3v) is 10.2. The smallest absolute Gasteiger partial charge is 0.326 e. The molecule has 0 saturated heterocycles. The molecule has 0 saturated carbocycles. The molecule has 0 aliphatic rings. The van der Waals surface area contributed by atoms with Gasteiger partial charge in [-0.05, 0) is 47.6 Å². The maximum absolute atomic E-state index is 14.2. The molecule has 23 heteroatoms. The van der Waals surface area contributed by atoms with E-state index in [0.29, 0.717) is 16.5 Å². The highest BCUT2D eigenvalue weighted by molar-refractivity contribution is 5.99. The summed E-state index contributed by atoms with van der Waals surface area (Å²) in [6.45, 7) is 6.63. The Balaban J connectivity index is 1.90. The Labute approximate surface area is 378 Å². The molecule has 0 spiro atoms. The SMILES string of the molecule is CC(C)C[C@H](NC(=O)[C@H](Cc1ccc(O)cc1)NC(=O)[C@H](CC(=O)O)NC(=O)[C@H](CC(N)=O)NC(=O)[C@@H](N)C(C)C)C(=O)N[C@@H](CC(N)=O)C(=O)N[C@@H](Cc1c[nH]c2ccccc12)C(=O)O. The standard InChI is InChI=1S/C43H58N10O13/c1-20(2)13-27(37(59)50-29(16-33(44)55)40(62)53-32(43(65)66)15-23-19-47-26-8-6-5-7-25(23)26)48-38(60)28(14-22-9-11-24(54)12-10-22)49-41(63)31(18-35(57)58)51-39(61)30(17-34(45)56)52-42(64)36(46)21(3)4/h5-12,19-21,27-32,36,47,54H,13-18,46H2,1-4H3,(H2,44,55)(H2,45,56)(H,48,60)(H,49,63)(H,50,59)(H,51,61)(H,52,64)(H,53,62)(H,57,58)(H,65,66)/t27-,28-,29-,30-,31-,32-,36-/m0/s1. The summed E-state index contributed by atoms with van der Waals surface area (Å²) in [5.74, 6) is -12.3.